The van der Waals surface area contributed by atoms with Crippen molar-refractivity contribution in [2.45, 2.75) is 39.0 Å². The molecule has 1 aromatic rings. The molecule has 0 saturated carbocycles. The molecule has 0 unspecified atom stereocenters. The average molecular weight is 397 g/mol. The Kier molecular flexibility index (Phi) is 9.34. The van der Waals surface area contributed by atoms with E-state index in [9.17, 15) is 14.4 Å². The van der Waals surface area contributed by atoms with Gasteiger partial charge in [-0.2, -0.15) is 10.4 Å². The normalized spacial score (nSPS) is 10.8. The maximum atomic E-state index is 11.9. The summed E-state index contributed by atoms with van der Waals surface area (Å²) >= 11 is 11.8. The third-order valence-corrected chi connectivity index (χ3v) is 3.68. The summed E-state index contributed by atoms with van der Waals surface area (Å²) in [6.07, 6.45) is 0.527. The van der Waals surface area contributed by atoms with E-state index in [1.54, 1.807) is 25.1 Å². The number of Topliss-reactive ketones (excluding diaryl/α,β-unsaturated/α-hetero) is 1. The molecule has 0 spiro atoms. The number of anilines is 1. The van der Waals surface area contributed by atoms with Crippen LogP contribution in [0, 0.1) is 11.3 Å². The number of hydrogen-bond acceptors (Lipinski definition) is 5. The lowest BCUT2D eigenvalue weighted by atomic mass is 10.1. The van der Waals surface area contributed by atoms with Crippen LogP contribution in [0.15, 0.2) is 23.3 Å². The lowest BCUT2D eigenvalue weighted by Crippen LogP contribution is -2.19. The highest BCUT2D eigenvalue weighted by Gasteiger charge is 2.09. The van der Waals surface area contributed by atoms with E-state index in [1.807, 2.05) is 0 Å². The summed E-state index contributed by atoms with van der Waals surface area (Å²) < 4.78 is 0. The molecule has 0 aliphatic carbocycles. The molecular weight excluding hydrogens is 379 g/mol. The smallest absolute Gasteiger partial charge is 0.254 e. The highest BCUT2D eigenvalue weighted by Crippen LogP contribution is 2.25. The predicted molar refractivity (Wildman–Crippen MR) is 100 cm³/mol. The number of rotatable bonds is 9. The number of nitriles is 1. The number of nitrogens with zero attached hydrogens (tertiary/aromatic N) is 2. The predicted octanol–water partition coefficient (Wildman–Crippen LogP) is 3.47. The second-order valence-corrected chi connectivity index (χ2v) is 6.30. The van der Waals surface area contributed by atoms with Crippen LogP contribution < -0.4 is 10.7 Å². The molecule has 9 heteroatoms. The van der Waals surface area contributed by atoms with Gasteiger partial charge in [-0.25, -0.2) is 5.43 Å². The van der Waals surface area contributed by atoms with Crippen LogP contribution in [0.3, 0.4) is 0 Å². The van der Waals surface area contributed by atoms with Crippen LogP contribution >= 0.6 is 23.2 Å². The molecule has 2 amide bonds. The number of nitrogens with one attached hydrogen (secondary N) is 2. The Morgan fingerprint density at radius 2 is 1.92 bits per heavy atom. The van der Waals surface area contributed by atoms with Crippen LogP contribution in [0.1, 0.15) is 39.0 Å². The van der Waals surface area contributed by atoms with Crippen LogP contribution in [-0.2, 0) is 14.4 Å². The fourth-order valence-corrected chi connectivity index (χ4v) is 2.39. The zero-order valence-corrected chi connectivity index (χ0v) is 15.7. The highest BCUT2D eigenvalue weighted by molar-refractivity contribution is 6.36. The summed E-state index contributed by atoms with van der Waals surface area (Å²) in [4.78, 5) is 34.8. The number of halogens is 2. The molecule has 0 atom stereocenters. The molecule has 138 valence electrons. The Morgan fingerprint density at radius 3 is 2.58 bits per heavy atom. The second-order valence-electron chi connectivity index (χ2n) is 5.46. The van der Waals surface area contributed by atoms with Crippen molar-refractivity contribution in [3.8, 4) is 6.07 Å². The monoisotopic (exact) mass is 396 g/mol. The van der Waals surface area contributed by atoms with Gasteiger partial charge in [0.2, 0.25) is 5.91 Å². The van der Waals surface area contributed by atoms with E-state index in [0.717, 1.165) is 0 Å². The van der Waals surface area contributed by atoms with Gasteiger partial charge in [-0.1, -0.05) is 23.2 Å². The van der Waals surface area contributed by atoms with Crippen molar-refractivity contribution in [1.82, 2.24) is 5.43 Å². The topological polar surface area (TPSA) is 111 Å². The zero-order valence-electron chi connectivity index (χ0n) is 14.1. The molecule has 0 heterocycles. The molecule has 0 aromatic heterocycles. The van der Waals surface area contributed by atoms with E-state index in [2.05, 4.69) is 15.8 Å². The van der Waals surface area contributed by atoms with Crippen LogP contribution in [0.2, 0.25) is 10.0 Å². The van der Waals surface area contributed by atoms with E-state index < -0.39 is 5.91 Å². The first-order chi connectivity index (χ1) is 12.3. The van der Waals surface area contributed by atoms with Gasteiger partial charge in [-0.15, -0.1) is 0 Å². The summed E-state index contributed by atoms with van der Waals surface area (Å²) in [6, 6.07) is 6.44. The third kappa shape index (κ3) is 8.60. The van der Waals surface area contributed by atoms with Crippen molar-refractivity contribution in [2.24, 2.45) is 5.10 Å². The number of hydrogen-bond donors (Lipinski definition) is 2. The summed E-state index contributed by atoms with van der Waals surface area (Å²) in [6.45, 7) is 1.60. The van der Waals surface area contributed by atoms with Gasteiger partial charge in [-0.3, -0.25) is 14.4 Å². The molecule has 1 aromatic carbocycles. The minimum Gasteiger partial charge on any atom is -0.325 e. The lowest BCUT2D eigenvalue weighted by Gasteiger charge is -2.07. The van der Waals surface area contributed by atoms with Gasteiger partial charge in [0.05, 0.1) is 16.8 Å². The maximum Gasteiger partial charge on any atom is 0.254 e. The van der Waals surface area contributed by atoms with Gasteiger partial charge in [0.25, 0.3) is 5.91 Å². The fourth-order valence-electron chi connectivity index (χ4n) is 1.93. The molecule has 0 aliphatic rings. The van der Waals surface area contributed by atoms with Crippen molar-refractivity contribution in [3.05, 3.63) is 28.2 Å². The number of carbonyl (C=O) groups excluding carboxylic acids is 3. The molecule has 0 aliphatic heterocycles. The SMILES string of the molecule is CC(CC(=O)CCCC(=O)Nc1ccc(Cl)cc1Cl)=NNC(=O)CC#N. The molecule has 2 N–H and O–H groups in total. The first-order valence-electron chi connectivity index (χ1n) is 7.77. The van der Waals surface area contributed by atoms with E-state index in [1.165, 1.54) is 6.07 Å². The average Bonchev–Trinajstić information content (AvgIpc) is 2.56. The summed E-state index contributed by atoms with van der Waals surface area (Å²) in [5, 5.41) is 15.6. The Morgan fingerprint density at radius 1 is 1.19 bits per heavy atom. The Balaban J connectivity index is 2.32. The molecule has 0 saturated heterocycles. The first kappa shape index (κ1) is 21.6. The quantitative estimate of drug-likeness (QED) is 0.491. The standard InChI is InChI=1S/C17H18Cl2N4O3/c1-11(22-23-17(26)7-8-20)9-13(24)3-2-4-16(25)21-15-6-5-12(18)10-14(15)19/h5-6,10H,2-4,7,9H2,1H3,(H,21,25)(H,23,26). The van der Waals surface area contributed by atoms with Crippen LogP contribution in [0.5, 0.6) is 0 Å². The summed E-state index contributed by atoms with van der Waals surface area (Å²) in [7, 11) is 0. The molecule has 0 fully saturated rings. The van der Waals surface area contributed by atoms with E-state index in [0.29, 0.717) is 27.9 Å². The molecule has 1 rings (SSSR count). The van der Waals surface area contributed by atoms with Crippen molar-refractivity contribution < 1.29 is 14.4 Å². The number of benzene rings is 1. The van der Waals surface area contributed by atoms with Gasteiger partial charge in [0.1, 0.15) is 12.2 Å². The summed E-state index contributed by atoms with van der Waals surface area (Å²) in [5.74, 6) is -0.883. The Bertz CT molecular complexity index is 757. The highest BCUT2D eigenvalue weighted by atomic mass is 35.5. The number of ketones is 1. The summed E-state index contributed by atoms with van der Waals surface area (Å²) in [5.41, 5.74) is 3.08. The lowest BCUT2D eigenvalue weighted by molar-refractivity contribution is -0.121. The van der Waals surface area contributed by atoms with E-state index in [-0.39, 0.29) is 37.4 Å². The first-order valence-corrected chi connectivity index (χ1v) is 8.53. The zero-order chi connectivity index (χ0) is 19.5. The molecule has 7 nitrogen and oxygen atoms in total. The largest absolute Gasteiger partial charge is 0.325 e. The van der Waals surface area contributed by atoms with Crippen molar-refractivity contribution in [1.29, 1.82) is 5.26 Å². The van der Waals surface area contributed by atoms with Gasteiger partial charge in [0.15, 0.2) is 0 Å². The van der Waals surface area contributed by atoms with Crippen LogP contribution in [0.4, 0.5) is 5.69 Å². The minimum absolute atomic E-state index is 0.0669. The Labute approximate surface area is 161 Å². The molecule has 0 radical (unpaired) electrons. The van der Waals surface area contributed by atoms with Crippen molar-refractivity contribution in [3.63, 3.8) is 0 Å². The number of hydrazone groups is 1. The molecular formula is C17H18Cl2N4O3. The van der Waals surface area contributed by atoms with Gasteiger partial charge in [-0.05, 0) is 31.5 Å². The van der Waals surface area contributed by atoms with Crippen molar-refractivity contribution in [2.75, 3.05) is 5.32 Å². The van der Waals surface area contributed by atoms with Gasteiger partial charge >= 0.3 is 0 Å². The van der Waals surface area contributed by atoms with Crippen LogP contribution in [0.25, 0.3) is 0 Å². The van der Waals surface area contributed by atoms with Gasteiger partial charge in [0, 0.05) is 30.0 Å². The van der Waals surface area contributed by atoms with Crippen molar-refractivity contribution >= 4 is 52.2 Å². The Hall–Kier alpha value is -2.43. The molecule has 26 heavy (non-hydrogen) atoms. The van der Waals surface area contributed by atoms with Gasteiger partial charge < -0.3 is 5.32 Å². The third-order valence-electron chi connectivity index (χ3n) is 3.13. The van der Waals surface area contributed by atoms with Crippen LogP contribution in [-0.4, -0.2) is 23.3 Å². The van der Waals surface area contributed by atoms with E-state index in [4.69, 9.17) is 28.5 Å². The number of amides is 2. The second kappa shape index (κ2) is 11.2. The molecule has 0 bridgehead atoms. The minimum atomic E-state index is -0.531. The number of carbonyl (C=O) groups is 3. The maximum absolute atomic E-state index is 11.9. The van der Waals surface area contributed by atoms with E-state index >= 15 is 0 Å². The fraction of sp³-hybridized carbons (Fsp3) is 0.353.